The first-order chi connectivity index (χ1) is 12.0. The van der Waals surface area contributed by atoms with Crippen LogP contribution in [0.4, 0.5) is 9.18 Å². The van der Waals surface area contributed by atoms with Gasteiger partial charge in [0.15, 0.2) is 6.61 Å². The molecule has 2 aromatic rings. The summed E-state index contributed by atoms with van der Waals surface area (Å²) in [7, 11) is 0. The van der Waals surface area contributed by atoms with E-state index in [1.54, 1.807) is 24.0 Å². The normalized spacial score (nSPS) is 14.2. The van der Waals surface area contributed by atoms with Gasteiger partial charge >= 0.3 is 5.97 Å². The van der Waals surface area contributed by atoms with Crippen LogP contribution in [0.2, 0.25) is 0 Å². The zero-order valence-electron chi connectivity index (χ0n) is 13.5. The Bertz CT molecular complexity index is 795. The number of ether oxygens (including phenoxy) is 1. The van der Waals surface area contributed by atoms with Crippen LogP contribution in [0.3, 0.4) is 0 Å². The molecule has 0 bridgehead atoms. The van der Waals surface area contributed by atoms with Crippen molar-refractivity contribution in [2.75, 3.05) is 18.8 Å². The molecule has 1 fully saturated rings. The van der Waals surface area contributed by atoms with Crippen LogP contribution in [0.5, 0.6) is 0 Å². The van der Waals surface area contributed by atoms with Crippen LogP contribution in [0.15, 0.2) is 22.7 Å². The highest BCUT2D eigenvalue weighted by Crippen LogP contribution is 2.19. The number of thioether (sulfide) groups is 1. The average molecular weight is 365 g/mol. The molecular formula is C16H16FN3O4S. The van der Waals surface area contributed by atoms with Gasteiger partial charge in [-0.15, -0.1) is 0 Å². The molecule has 1 amide bonds. The number of carbonyl (C=O) groups is 2. The molecule has 7 nitrogen and oxygen atoms in total. The highest BCUT2D eigenvalue weighted by molar-refractivity contribution is 8.13. The van der Waals surface area contributed by atoms with E-state index in [9.17, 15) is 14.0 Å². The number of hydrogen-bond donors (Lipinski definition) is 0. The SMILES string of the molecule is Cc1ccc(-c2noc(COC(=O)CCN3CCSC3=O)n2)cc1F. The average Bonchev–Trinajstić information content (AvgIpc) is 3.22. The number of hydrogen-bond acceptors (Lipinski definition) is 7. The van der Waals surface area contributed by atoms with Crippen molar-refractivity contribution in [1.29, 1.82) is 0 Å². The largest absolute Gasteiger partial charge is 0.456 e. The molecule has 0 N–H and O–H groups in total. The fourth-order valence-electron chi connectivity index (χ4n) is 2.23. The van der Waals surface area contributed by atoms with Crippen LogP contribution in [0.25, 0.3) is 11.4 Å². The van der Waals surface area contributed by atoms with Crippen molar-refractivity contribution in [3.05, 3.63) is 35.5 Å². The summed E-state index contributed by atoms with van der Waals surface area (Å²) in [6.45, 7) is 2.48. The molecule has 1 aliphatic rings. The van der Waals surface area contributed by atoms with Crippen molar-refractivity contribution >= 4 is 23.0 Å². The Morgan fingerprint density at radius 2 is 2.32 bits per heavy atom. The monoisotopic (exact) mass is 365 g/mol. The smallest absolute Gasteiger partial charge is 0.308 e. The van der Waals surface area contributed by atoms with E-state index in [0.717, 1.165) is 5.75 Å². The Balaban J connectivity index is 1.50. The van der Waals surface area contributed by atoms with Crippen LogP contribution >= 0.6 is 11.8 Å². The molecule has 0 radical (unpaired) electrons. The lowest BCUT2D eigenvalue weighted by Crippen LogP contribution is -2.26. The molecule has 0 spiro atoms. The van der Waals surface area contributed by atoms with Gasteiger partial charge in [0.05, 0.1) is 6.42 Å². The molecule has 0 saturated carbocycles. The Hall–Kier alpha value is -2.42. The number of halogens is 1. The molecule has 0 unspecified atom stereocenters. The van der Waals surface area contributed by atoms with Crippen molar-refractivity contribution in [2.45, 2.75) is 20.0 Å². The fourth-order valence-corrected chi connectivity index (χ4v) is 3.08. The lowest BCUT2D eigenvalue weighted by atomic mass is 10.1. The van der Waals surface area contributed by atoms with Crippen LogP contribution in [-0.4, -0.2) is 45.1 Å². The van der Waals surface area contributed by atoms with Crippen LogP contribution in [0.1, 0.15) is 17.9 Å². The van der Waals surface area contributed by atoms with Crippen molar-refractivity contribution in [2.24, 2.45) is 0 Å². The Morgan fingerprint density at radius 1 is 1.48 bits per heavy atom. The van der Waals surface area contributed by atoms with Gasteiger partial charge in [-0.05, 0) is 18.6 Å². The van der Waals surface area contributed by atoms with E-state index in [-0.39, 0.29) is 35.8 Å². The molecule has 9 heteroatoms. The summed E-state index contributed by atoms with van der Waals surface area (Å²) in [5, 5.41) is 3.74. The predicted molar refractivity (Wildman–Crippen MR) is 88.3 cm³/mol. The minimum Gasteiger partial charge on any atom is -0.456 e. The lowest BCUT2D eigenvalue weighted by molar-refractivity contribution is -0.145. The molecule has 132 valence electrons. The van der Waals surface area contributed by atoms with E-state index >= 15 is 0 Å². The molecule has 2 heterocycles. The first-order valence-corrected chi connectivity index (χ1v) is 8.68. The molecule has 1 aromatic heterocycles. The number of aryl methyl sites for hydroxylation is 1. The Labute approximate surface area is 147 Å². The summed E-state index contributed by atoms with van der Waals surface area (Å²) in [6, 6.07) is 4.63. The second-order valence-electron chi connectivity index (χ2n) is 5.49. The first kappa shape index (κ1) is 17.4. The quantitative estimate of drug-likeness (QED) is 0.728. The van der Waals surface area contributed by atoms with E-state index in [4.69, 9.17) is 9.26 Å². The third-order valence-corrected chi connectivity index (χ3v) is 4.58. The molecule has 3 rings (SSSR count). The van der Waals surface area contributed by atoms with Crippen LogP contribution in [-0.2, 0) is 16.1 Å². The maximum absolute atomic E-state index is 13.6. The van der Waals surface area contributed by atoms with Gasteiger partial charge in [0.1, 0.15) is 5.82 Å². The zero-order chi connectivity index (χ0) is 17.8. The van der Waals surface area contributed by atoms with E-state index in [0.29, 0.717) is 24.2 Å². The van der Waals surface area contributed by atoms with Gasteiger partial charge in [0.2, 0.25) is 5.82 Å². The van der Waals surface area contributed by atoms with Crippen molar-refractivity contribution in [3.63, 3.8) is 0 Å². The van der Waals surface area contributed by atoms with Gasteiger partial charge in [-0.1, -0.05) is 29.1 Å². The molecule has 1 aromatic carbocycles. The topological polar surface area (TPSA) is 85.5 Å². The molecule has 0 atom stereocenters. The standard InChI is InChI=1S/C16H16FN3O4S/c1-10-2-3-11(8-12(10)17)15-18-13(24-19-15)9-23-14(21)4-5-20-6-7-25-16(20)22/h2-3,8H,4-7,9H2,1H3. The summed E-state index contributed by atoms with van der Waals surface area (Å²) in [5.74, 6) is 0.288. The van der Waals surface area contributed by atoms with Gasteiger partial charge < -0.3 is 14.2 Å². The maximum atomic E-state index is 13.6. The van der Waals surface area contributed by atoms with Crippen LogP contribution < -0.4 is 0 Å². The fraction of sp³-hybridized carbons (Fsp3) is 0.375. The first-order valence-electron chi connectivity index (χ1n) is 7.69. The van der Waals surface area contributed by atoms with Crippen molar-refractivity contribution in [1.82, 2.24) is 15.0 Å². The van der Waals surface area contributed by atoms with E-state index in [2.05, 4.69) is 10.1 Å². The number of nitrogens with zero attached hydrogens (tertiary/aromatic N) is 3. The van der Waals surface area contributed by atoms with Gasteiger partial charge in [0, 0.05) is 24.4 Å². The molecule has 0 aliphatic carbocycles. The number of carbonyl (C=O) groups excluding carboxylic acids is 2. The number of esters is 1. The summed E-state index contributed by atoms with van der Waals surface area (Å²) in [6.07, 6.45) is 0.108. The second kappa shape index (κ2) is 7.64. The molecular weight excluding hydrogens is 349 g/mol. The summed E-state index contributed by atoms with van der Waals surface area (Å²) in [4.78, 5) is 28.9. The van der Waals surface area contributed by atoms with Gasteiger partial charge in [-0.25, -0.2) is 4.39 Å². The Kier molecular flexibility index (Phi) is 5.32. The predicted octanol–water partition coefficient (Wildman–Crippen LogP) is 2.79. The van der Waals surface area contributed by atoms with Gasteiger partial charge in [-0.3, -0.25) is 9.59 Å². The highest BCUT2D eigenvalue weighted by atomic mass is 32.2. The summed E-state index contributed by atoms with van der Waals surface area (Å²) < 4.78 is 23.6. The minimum absolute atomic E-state index is 0.0142. The number of rotatable bonds is 6. The third kappa shape index (κ3) is 4.36. The van der Waals surface area contributed by atoms with Crippen molar-refractivity contribution < 1.29 is 23.2 Å². The molecule has 1 saturated heterocycles. The molecule has 1 aliphatic heterocycles. The van der Waals surface area contributed by atoms with Gasteiger partial charge in [0.25, 0.3) is 11.1 Å². The number of benzene rings is 1. The van der Waals surface area contributed by atoms with E-state index in [1.807, 2.05) is 0 Å². The molecule has 25 heavy (non-hydrogen) atoms. The highest BCUT2D eigenvalue weighted by Gasteiger charge is 2.21. The van der Waals surface area contributed by atoms with Gasteiger partial charge in [-0.2, -0.15) is 4.98 Å². The lowest BCUT2D eigenvalue weighted by Gasteiger charge is -2.13. The summed E-state index contributed by atoms with van der Waals surface area (Å²) in [5.41, 5.74) is 1.01. The minimum atomic E-state index is -0.453. The Morgan fingerprint density at radius 3 is 3.04 bits per heavy atom. The second-order valence-corrected chi connectivity index (χ2v) is 6.53. The van der Waals surface area contributed by atoms with E-state index < -0.39 is 5.97 Å². The number of amides is 1. The maximum Gasteiger partial charge on any atom is 0.308 e. The van der Waals surface area contributed by atoms with Crippen molar-refractivity contribution in [3.8, 4) is 11.4 Å². The third-order valence-electron chi connectivity index (χ3n) is 3.69. The number of aromatic nitrogens is 2. The van der Waals surface area contributed by atoms with E-state index in [1.165, 1.54) is 17.8 Å². The summed E-state index contributed by atoms with van der Waals surface area (Å²) >= 11 is 1.24. The van der Waals surface area contributed by atoms with Crippen LogP contribution in [0, 0.1) is 12.7 Å². The zero-order valence-corrected chi connectivity index (χ0v) is 14.3.